The summed E-state index contributed by atoms with van der Waals surface area (Å²) in [5, 5.41) is 3.82. The highest BCUT2D eigenvalue weighted by Gasteiger charge is 2.44. The molecule has 2 saturated heterocycles. The molecule has 1 aromatic rings. The Labute approximate surface area is 141 Å². The van der Waals surface area contributed by atoms with Gasteiger partial charge in [-0.05, 0) is 27.2 Å². The number of carbonyl (C=O) groups excluding carboxylic acids is 2. The lowest BCUT2D eigenvalue weighted by Crippen LogP contribution is -2.46. The molecule has 0 saturated carbocycles. The molecule has 24 heavy (non-hydrogen) atoms. The van der Waals surface area contributed by atoms with Gasteiger partial charge in [-0.3, -0.25) is 9.59 Å². The number of nitrogens with zero attached hydrogens (tertiary/aromatic N) is 3. The maximum Gasteiger partial charge on any atom is 0.248 e. The lowest BCUT2D eigenvalue weighted by Gasteiger charge is -2.34. The number of aromatic nitrogens is 1. The Bertz CT molecular complexity index is 627. The van der Waals surface area contributed by atoms with E-state index < -0.39 is 0 Å². The van der Waals surface area contributed by atoms with E-state index in [1.54, 1.807) is 6.07 Å². The van der Waals surface area contributed by atoms with Crippen LogP contribution >= 0.6 is 0 Å². The molecule has 0 aromatic carbocycles. The molecular weight excluding hydrogens is 310 g/mol. The monoisotopic (exact) mass is 335 g/mol. The summed E-state index contributed by atoms with van der Waals surface area (Å²) in [6, 6.07) is 1.93. The van der Waals surface area contributed by atoms with E-state index in [1.165, 1.54) is 0 Å². The molecule has 0 N–H and O–H groups in total. The van der Waals surface area contributed by atoms with Crippen LogP contribution in [0.2, 0.25) is 0 Å². The molecule has 7 heteroatoms. The van der Waals surface area contributed by atoms with E-state index in [0.29, 0.717) is 32.0 Å². The van der Waals surface area contributed by atoms with Crippen molar-refractivity contribution in [3.8, 4) is 0 Å². The van der Waals surface area contributed by atoms with Gasteiger partial charge < -0.3 is 19.1 Å². The number of aryl methyl sites for hydroxylation is 1. The maximum absolute atomic E-state index is 12.5. The van der Waals surface area contributed by atoms with E-state index in [0.717, 1.165) is 12.1 Å². The molecule has 1 unspecified atom stereocenters. The van der Waals surface area contributed by atoms with Gasteiger partial charge in [0.1, 0.15) is 12.4 Å². The molecule has 2 amide bonds. The van der Waals surface area contributed by atoms with Gasteiger partial charge >= 0.3 is 0 Å². The predicted octanol–water partition coefficient (Wildman–Crippen LogP) is 1.01. The van der Waals surface area contributed by atoms with Gasteiger partial charge in [-0.15, -0.1) is 0 Å². The number of carbonyl (C=O) groups is 2. The molecule has 2 aliphatic rings. The zero-order valence-corrected chi connectivity index (χ0v) is 14.6. The van der Waals surface area contributed by atoms with Gasteiger partial charge in [0.15, 0.2) is 0 Å². The first-order chi connectivity index (χ1) is 11.4. The summed E-state index contributed by atoms with van der Waals surface area (Å²) in [5.74, 6) is 0.660. The number of likely N-dealkylation sites (tertiary alicyclic amines) is 1. The molecule has 1 atom stereocenters. The fourth-order valence-corrected chi connectivity index (χ4v) is 3.56. The van der Waals surface area contributed by atoms with Crippen LogP contribution in [0.3, 0.4) is 0 Å². The molecule has 2 fully saturated rings. The number of rotatable bonds is 3. The second kappa shape index (κ2) is 6.55. The van der Waals surface area contributed by atoms with Crippen LogP contribution in [0, 0.1) is 12.3 Å². The standard InChI is InChI=1S/C17H25N3O4/c1-12(2)20-10-17(11-23-8-16(20)22)4-5-19(9-17)15(21)7-14-6-13(3)18-24-14/h6,12H,4-5,7-11H2,1-3H3. The Morgan fingerprint density at radius 2 is 2.21 bits per heavy atom. The summed E-state index contributed by atoms with van der Waals surface area (Å²) >= 11 is 0. The summed E-state index contributed by atoms with van der Waals surface area (Å²) in [4.78, 5) is 28.4. The third kappa shape index (κ3) is 3.45. The Morgan fingerprint density at radius 3 is 2.88 bits per heavy atom. The fourth-order valence-electron chi connectivity index (χ4n) is 3.56. The van der Waals surface area contributed by atoms with E-state index in [1.807, 2.05) is 30.6 Å². The van der Waals surface area contributed by atoms with Crippen LogP contribution in [0.25, 0.3) is 0 Å². The first-order valence-electron chi connectivity index (χ1n) is 8.46. The summed E-state index contributed by atoms with van der Waals surface area (Å²) < 4.78 is 10.8. The van der Waals surface area contributed by atoms with Gasteiger partial charge in [-0.25, -0.2) is 0 Å². The van der Waals surface area contributed by atoms with Crippen molar-refractivity contribution in [3.63, 3.8) is 0 Å². The number of hydrogen-bond donors (Lipinski definition) is 0. The molecular formula is C17H25N3O4. The van der Waals surface area contributed by atoms with Gasteiger partial charge in [0.25, 0.3) is 0 Å². The van der Waals surface area contributed by atoms with Crippen molar-refractivity contribution in [2.45, 2.75) is 39.7 Å². The van der Waals surface area contributed by atoms with Crippen LogP contribution in [-0.4, -0.2) is 65.7 Å². The lowest BCUT2D eigenvalue weighted by molar-refractivity contribution is -0.135. The average molecular weight is 335 g/mol. The molecule has 3 rings (SSSR count). The topological polar surface area (TPSA) is 75.9 Å². The van der Waals surface area contributed by atoms with Gasteiger partial charge in [-0.2, -0.15) is 0 Å². The molecule has 132 valence electrons. The van der Waals surface area contributed by atoms with Crippen LogP contribution in [0.5, 0.6) is 0 Å². The lowest BCUT2D eigenvalue weighted by atomic mass is 9.87. The quantitative estimate of drug-likeness (QED) is 0.824. The number of ether oxygens (including phenoxy) is 1. The van der Waals surface area contributed by atoms with Crippen LogP contribution in [-0.2, 0) is 20.7 Å². The Morgan fingerprint density at radius 1 is 1.42 bits per heavy atom. The molecule has 0 radical (unpaired) electrons. The maximum atomic E-state index is 12.5. The highest BCUT2D eigenvalue weighted by molar-refractivity contribution is 5.79. The van der Waals surface area contributed by atoms with E-state index in [9.17, 15) is 9.59 Å². The molecule has 7 nitrogen and oxygen atoms in total. The minimum Gasteiger partial charge on any atom is -0.371 e. The summed E-state index contributed by atoms with van der Waals surface area (Å²) in [7, 11) is 0. The first kappa shape index (κ1) is 17.0. The smallest absolute Gasteiger partial charge is 0.248 e. The van der Waals surface area contributed by atoms with Crippen molar-refractivity contribution in [1.82, 2.24) is 15.0 Å². The van der Waals surface area contributed by atoms with Gasteiger partial charge in [0, 0.05) is 37.2 Å². The molecule has 1 aromatic heterocycles. The molecule has 3 heterocycles. The molecule has 2 aliphatic heterocycles. The van der Waals surface area contributed by atoms with Gasteiger partial charge in [0.2, 0.25) is 11.8 Å². The zero-order valence-electron chi connectivity index (χ0n) is 14.6. The highest BCUT2D eigenvalue weighted by atomic mass is 16.5. The van der Waals surface area contributed by atoms with Crippen LogP contribution in [0.1, 0.15) is 31.7 Å². The normalized spacial score (nSPS) is 24.9. The van der Waals surface area contributed by atoms with Crippen molar-refractivity contribution in [1.29, 1.82) is 0 Å². The minimum absolute atomic E-state index is 0.0313. The summed E-state index contributed by atoms with van der Waals surface area (Å²) in [5.41, 5.74) is 0.614. The predicted molar refractivity (Wildman–Crippen MR) is 86.2 cm³/mol. The Hall–Kier alpha value is -1.89. The fraction of sp³-hybridized carbons (Fsp3) is 0.706. The Balaban J connectivity index is 1.66. The molecule has 1 spiro atoms. The number of hydrogen-bond acceptors (Lipinski definition) is 5. The SMILES string of the molecule is Cc1cc(CC(=O)N2CCC3(COCC(=O)N(C(C)C)C3)C2)on1. The summed E-state index contributed by atoms with van der Waals surface area (Å²) in [6.45, 7) is 8.47. The Kier molecular flexibility index (Phi) is 4.62. The summed E-state index contributed by atoms with van der Waals surface area (Å²) in [6.07, 6.45) is 1.08. The largest absolute Gasteiger partial charge is 0.371 e. The zero-order chi connectivity index (χ0) is 17.3. The van der Waals surface area contributed by atoms with Crippen molar-refractivity contribution in [3.05, 3.63) is 17.5 Å². The average Bonchev–Trinajstić information content (AvgIpc) is 3.07. The molecule has 0 aliphatic carbocycles. The van der Waals surface area contributed by atoms with Gasteiger partial charge in [0.05, 0.1) is 18.7 Å². The second-order valence-corrected chi connectivity index (χ2v) is 7.28. The molecule has 0 bridgehead atoms. The first-order valence-corrected chi connectivity index (χ1v) is 8.46. The highest BCUT2D eigenvalue weighted by Crippen LogP contribution is 2.34. The van der Waals surface area contributed by atoms with Crippen molar-refractivity contribution < 1.29 is 18.8 Å². The third-order valence-electron chi connectivity index (χ3n) is 4.88. The van der Waals surface area contributed by atoms with Gasteiger partial charge in [-0.1, -0.05) is 5.16 Å². The van der Waals surface area contributed by atoms with Crippen molar-refractivity contribution in [2.75, 3.05) is 32.8 Å². The van der Waals surface area contributed by atoms with Crippen molar-refractivity contribution >= 4 is 11.8 Å². The third-order valence-corrected chi connectivity index (χ3v) is 4.88. The number of amides is 2. The van der Waals surface area contributed by atoms with Crippen LogP contribution < -0.4 is 0 Å². The minimum atomic E-state index is -0.163. The van der Waals surface area contributed by atoms with E-state index in [-0.39, 0.29) is 36.3 Å². The second-order valence-electron chi connectivity index (χ2n) is 7.28. The van der Waals surface area contributed by atoms with E-state index in [4.69, 9.17) is 9.26 Å². The van der Waals surface area contributed by atoms with E-state index >= 15 is 0 Å². The van der Waals surface area contributed by atoms with E-state index in [2.05, 4.69) is 5.16 Å². The van der Waals surface area contributed by atoms with Crippen molar-refractivity contribution in [2.24, 2.45) is 5.41 Å². The van der Waals surface area contributed by atoms with Crippen LogP contribution in [0.15, 0.2) is 10.6 Å². The van der Waals surface area contributed by atoms with Crippen LogP contribution in [0.4, 0.5) is 0 Å².